The van der Waals surface area contributed by atoms with E-state index in [2.05, 4.69) is 0 Å². The minimum atomic E-state index is -3.25. The molecule has 1 aromatic rings. The molecule has 4 nitrogen and oxygen atoms in total. The summed E-state index contributed by atoms with van der Waals surface area (Å²) in [5.41, 5.74) is 6.34. The molecule has 100 valence electrons. The van der Waals surface area contributed by atoms with Gasteiger partial charge in [-0.15, -0.1) is 0 Å². The van der Waals surface area contributed by atoms with Gasteiger partial charge in [-0.05, 0) is 37.0 Å². The lowest BCUT2D eigenvalue weighted by molar-refractivity contribution is 0.0110. The summed E-state index contributed by atoms with van der Waals surface area (Å²) in [6.45, 7) is 0.627. The normalized spacial score (nSPS) is 16.5. The third kappa shape index (κ3) is 3.31. The Hall–Kier alpha value is -0.910. The molecule has 0 atom stereocenters. The van der Waals surface area contributed by atoms with Gasteiger partial charge in [0.05, 0.1) is 23.4 Å². The maximum Gasteiger partial charge on any atom is 0.180 e. The Morgan fingerprint density at radius 2 is 2.11 bits per heavy atom. The predicted molar refractivity (Wildman–Crippen MR) is 70.0 cm³/mol. The summed E-state index contributed by atoms with van der Waals surface area (Å²) < 4.78 is 29.6. The fourth-order valence-corrected chi connectivity index (χ4v) is 3.01. The minimum absolute atomic E-state index is 0.0392. The first-order valence-electron chi connectivity index (χ1n) is 6.25. The highest BCUT2D eigenvalue weighted by Gasteiger charge is 2.20. The molecule has 1 fully saturated rings. The molecule has 0 bridgehead atoms. The van der Waals surface area contributed by atoms with Gasteiger partial charge in [-0.3, -0.25) is 0 Å². The third-order valence-corrected chi connectivity index (χ3v) is 4.93. The zero-order valence-electron chi connectivity index (χ0n) is 10.3. The molecule has 2 N–H and O–H groups in total. The molecule has 18 heavy (non-hydrogen) atoms. The van der Waals surface area contributed by atoms with Crippen molar-refractivity contribution in [2.24, 2.45) is 5.73 Å². The van der Waals surface area contributed by atoms with E-state index in [1.807, 2.05) is 6.07 Å². The van der Waals surface area contributed by atoms with Crippen LogP contribution in [-0.4, -0.2) is 26.9 Å². The molecule has 1 aliphatic rings. The number of hydrogen-bond donors (Lipinski definition) is 1. The Morgan fingerprint density at radius 1 is 1.33 bits per heavy atom. The molecule has 0 saturated heterocycles. The first kappa shape index (κ1) is 13.5. The lowest BCUT2D eigenvalue weighted by atomic mass is 9.96. The first-order valence-corrected chi connectivity index (χ1v) is 7.90. The fourth-order valence-electron chi connectivity index (χ4n) is 1.85. The summed E-state index contributed by atoms with van der Waals surface area (Å²) in [5, 5.41) is 0. The monoisotopic (exact) mass is 269 g/mol. The average Bonchev–Trinajstić information content (AvgIpc) is 2.32. The average molecular weight is 269 g/mol. The number of benzene rings is 1. The zero-order valence-corrected chi connectivity index (χ0v) is 11.2. The summed E-state index contributed by atoms with van der Waals surface area (Å²) in [5.74, 6) is 0.0392. The van der Waals surface area contributed by atoms with E-state index in [4.69, 9.17) is 10.5 Å². The summed E-state index contributed by atoms with van der Waals surface area (Å²) in [6, 6.07) is 6.79. The van der Waals surface area contributed by atoms with Gasteiger partial charge in [-0.1, -0.05) is 12.1 Å². The van der Waals surface area contributed by atoms with Crippen LogP contribution in [0.2, 0.25) is 0 Å². The fraction of sp³-hybridized carbons (Fsp3) is 0.538. The molecule has 0 spiro atoms. The van der Waals surface area contributed by atoms with Crippen LogP contribution in [0.3, 0.4) is 0 Å². The lowest BCUT2D eigenvalue weighted by Crippen LogP contribution is -2.24. The van der Waals surface area contributed by atoms with E-state index in [0.717, 1.165) is 18.4 Å². The van der Waals surface area contributed by atoms with Crippen LogP contribution in [0.5, 0.6) is 0 Å². The molecule has 1 saturated carbocycles. The van der Waals surface area contributed by atoms with Gasteiger partial charge in [0.15, 0.2) is 9.84 Å². The quantitative estimate of drug-likeness (QED) is 0.849. The molecule has 0 unspecified atom stereocenters. The van der Waals surface area contributed by atoms with E-state index in [9.17, 15) is 8.42 Å². The van der Waals surface area contributed by atoms with E-state index in [-0.39, 0.29) is 18.5 Å². The second-order valence-corrected chi connectivity index (χ2v) is 6.70. The Morgan fingerprint density at radius 3 is 2.72 bits per heavy atom. The van der Waals surface area contributed by atoms with Gasteiger partial charge in [-0.25, -0.2) is 8.42 Å². The summed E-state index contributed by atoms with van der Waals surface area (Å²) in [6.07, 6.45) is 3.58. The molecule has 0 aliphatic heterocycles. The van der Waals surface area contributed by atoms with Gasteiger partial charge in [0.1, 0.15) is 0 Å². The van der Waals surface area contributed by atoms with Gasteiger partial charge >= 0.3 is 0 Å². The Bertz CT molecular complexity index is 495. The van der Waals surface area contributed by atoms with Crippen LogP contribution in [0.4, 0.5) is 0 Å². The van der Waals surface area contributed by atoms with Crippen LogP contribution in [-0.2, 0) is 21.1 Å². The number of nitrogens with two attached hydrogens (primary N) is 1. The van der Waals surface area contributed by atoms with Gasteiger partial charge in [0.2, 0.25) is 0 Å². The second-order valence-electron chi connectivity index (χ2n) is 4.59. The van der Waals surface area contributed by atoms with Crippen molar-refractivity contribution in [1.82, 2.24) is 0 Å². The van der Waals surface area contributed by atoms with Gasteiger partial charge in [0, 0.05) is 6.54 Å². The molecule has 0 heterocycles. The standard InChI is InChI=1S/C13H19NO3S/c14-10-11-3-1-6-13(9-11)18(15,16)8-7-17-12-4-2-5-12/h1,3,6,9,12H,2,4-5,7-8,10,14H2. The minimum Gasteiger partial charge on any atom is -0.377 e. The van der Waals surface area contributed by atoms with Crippen molar-refractivity contribution in [1.29, 1.82) is 0 Å². The van der Waals surface area contributed by atoms with Crippen molar-refractivity contribution in [3.63, 3.8) is 0 Å². The molecule has 0 amide bonds. The van der Waals surface area contributed by atoms with Crippen molar-refractivity contribution in [2.45, 2.75) is 36.8 Å². The third-order valence-electron chi connectivity index (χ3n) is 3.25. The van der Waals surface area contributed by atoms with Crippen LogP contribution >= 0.6 is 0 Å². The summed E-state index contributed by atoms with van der Waals surface area (Å²) in [4.78, 5) is 0.336. The van der Waals surface area contributed by atoms with Gasteiger partial charge in [0.25, 0.3) is 0 Å². The van der Waals surface area contributed by atoms with E-state index in [1.165, 1.54) is 6.42 Å². The molecule has 0 aromatic heterocycles. The van der Waals surface area contributed by atoms with Crippen molar-refractivity contribution in [3.05, 3.63) is 29.8 Å². The van der Waals surface area contributed by atoms with E-state index < -0.39 is 9.84 Å². The smallest absolute Gasteiger partial charge is 0.180 e. The summed E-state index contributed by atoms with van der Waals surface area (Å²) >= 11 is 0. The van der Waals surface area contributed by atoms with Crippen molar-refractivity contribution in [2.75, 3.05) is 12.4 Å². The van der Waals surface area contributed by atoms with Crippen LogP contribution in [0, 0.1) is 0 Å². The van der Waals surface area contributed by atoms with Crippen molar-refractivity contribution in [3.8, 4) is 0 Å². The topological polar surface area (TPSA) is 69.4 Å². The lowest BCUT2D eigenvalue weighted by Gasteiger charge is -2.25. The highest BCUT2D eigenvalue weighted by molar-refractivity contribution is 7.91. The maximum absolute atomic E-state index is 12.1. The number of hydrogen-bond acceptors (Lipinski definition) is 4. The van der Waals surface area contributed by atoms with Crippen LogP contribution in [0.15, 0.2) is 29.2 Å². The Labute approximate surface area is 108 Å². The van der Waals surface area contributed by atoms with Crippen LogP contribution < -0.4 is 5.73 Å². The van der Waals surface area contributed by atoms with Gasteiger partial charge in [-0.2, -0.15) is 0 Å². The maximum atomic E-state index is 12.1. The van der Waals surface area contributed by atoms with E-state index in [1.54, 1.807) is 18.2 Å². The molecular weight excluding hydrogens is 250 g/mol. The van der Waals surface area contributed by atoms with Gasteiger partial charge < -0.3 is 10.5 Å². The summed E-state index contributed by atoms with van der Waals surface area (Å²) in [7, 11) is -3.25. The first-order chi connectivity index (χ1) is 8.62. The molecule has 1 aliphatic carbocycles. The Kier molecular flexibility index (Phi) is 4.37. The zero-order chi connectivity index (χ0) is 13.0. The SMILES string of the molecule is NCc1cccc(S(=O)(=O)CCOC2CCC2)c1. The van der Waals surface area contributed by atoms with Crippen LogP contribution in [0.1, 0.15) is 24.8 Å². The number of sulfone groups is 1. The molecule has 5 heteroatoms. The van der Waals surface area contributed by atoms with E-state index >= 15 is 0 Å². The largest absolute Gasteiger partial charge is 0.377 e. The Balaban J connectivity index is 1.95. The second kappa shape index (κ2) is 5.82. The number of ether oxygens (including phenoxy) is 1. The molecule has 2 rings (SSSR count). The molecular formula is C13H19NO3S. The highest BCUT2D eigenvalue weighted by Crippen LogP contribution is 2.22. The predicted octanol–water partition coefficient (Wildman–Crippen LogP) is 1.49. The molecule has 0 radical (unpaired) electrons. The van der Waals surface area contributed by atoms with E-state index in [0.29, 0.717) is 11.4 Å². The van der Waals surface area contributed by atoms with Crippen molar-refractivity contribution >= 4 is 9.84 Å². The van der Waals surface area contributed by atoms with Crippen molar-refractivity contribution < 1.29 is 13.2 Å². The number of rotatable bonds is 6. The molecule has 1 aromatic carbocycles. The highest BCUT2D eigenvalue weighted by atomic mass is 32.2. The van der Waals surface area contributed by atoms with Crippen LogP contribution in [0.25, 0.3) is 0 Å².